The lowest BCUT2D eigenvalue weighted by atomic mass is 10.2. The van der Waals surface area contributed by atoms with Crippen LogP contribution in [-0.2, 0) is 9.53 Å². The van der Waals surface area contributed by atoms with Crippen LogP contribution in [0.4, 0.5) is 0 Å². The SMILES string of the molecule is CCCCCCSC1CCOC(=O)C1. The molecule has 0 bridgehead atoms. The molecule has 1 rings (SSSR count). The van der Waals surface area contributed by atoms with E-state index in [0.717, 1.165) is 6.42 Å². The third kappa shape index (κ3) is 4.89. The Kier molecular flexibility index (Phi) is 6.08. The molecular weight excluding hydrogens is 196 g/mol. The summed E-state index contributed by atoms with van der Waals surface area (Å²) >= 11 is 1.95. The van der Waals surface area contributed by atoms with Crippen LogP contribution in [-0.4, -0.2) is 23.6 Å². The quantitative estimate of drug-likeness (QED) is 0.504. The molecule has 0 aromatic rings. The molecule has 82 valence electrons. The van der Waals surface area contributed by atoms with Crippen LogP contribution >= 0.6 is 11.8 Å². The molecule has 0 saturated carbocycles. The Balaban J connectivity index is 1.97. The molecule has 1 atom stereocenters. The highest BCUT2D eigenvalue weighted by Crippen LogP contribution is 2.23. The van der Waals surface area contributed by atoms with Crippen molar-refractivity contribution in [2.24, 2.45) is 0 Å². The highest BCUT2D eigenvalue weighted by molar-refractivity contribution is 7.99. The van der Waals surface area contributed by atoms with E-state index in [0.29, 0.717) is 18.3 Å². The monoisotopic (exact) mass is 216 g/mol. The van der Waals surface area contributed by atoms with Crippen molar-refractivity contribution >= 4 is 17.7 Å². The van der Waals surface area contributed by atoms with Gasteiger partial charge in [-0.2, -0.15) is 11.8 Å². The van der Waals surface area contributed by atoms with Gasteiger partial charge in [-0.1, -0.05) is 26.2 Å². The van der Waals surface area contributed by atoms with E-state index in [9.17, 15) is 4.79 Å². The average Bonchev–Trinajstić information content (AvgIpc) is 2.18. The summed E-state index contributed by atoms with van der Waals surface area (Å²) < 4.78 is 4.90. The lowest BCUT2D eigenvalue weighted by Gasteiger charge is -2.20. The van der Waals surface area contributed by atoms with Crippen molar-refractivity contribution in [3.05, 3.63) is 0 Å². The number of hydrogen-bond acceptors (Lipinski definition) is 3. The Hall–Kier alpha value is -0.180. The van der Waals surface area contributed by atoms with Crippen LogP contribution in [0.2, 0.25) is 0 Å². The fourth-order valence-electron chi connectivity index (χ4n) is 1.57. The predicted octanol–water partition coefficient (Wildman–Crippen LogP) is 3.01. The zero-order chi connectivity index (χ0) is 10.2. The van der Waals surface area contributed by atoms with Crippen LogP contribution in [0.25, 0.3) is 0 Å². The van der Waals surface area contributed by atoms with Crippen molar-refractivity contribution < 1.29 is 9.53 Å². The van der Waals surface area contributed by atoms with Gasteiger partial charge in [-0.25, -0.2) is 0 Å². The number of hydrogen-bond donors (Lipinski definition) is 0. The van der Waals surface area contributed by atoms with Crippen LogP contribution in [0.3, 0.4) is 0 Å². The van der Waals surface area contributed by atoms with E-state index < -0.39 is 0 Å². The molecule has 1 fully saturated rings. The van der Waals surface area contributed by atoms with Crippen molar-refractivity contribution in [3.63, 3.8) is 0 Å². The van der Waals surface area contributed by atoms with Gasteiger partial charge in [0.25, 0.3) is 0 Å². The van der Waals surface area contributed by atoms with Gasteiger partial charge < -0.3 is 4.74 Å². The van der Waals surface area contributed by atoms with Gasteiger partial charge in [0.1, 0.15) is 0 Å². The van der Waals surface area contributed by atoms with Crippen molar-refractivity contribution in [2.75, 3.05) is 12.4 Å². The van der Waals surface area contributed by atoms with Crippen molar-refractivity contribution in [1.29, 1.82) is 0 Å². The van der Waals surface area contributed by atoms with Gasteiger partial charge in [-0.3, -0.25) is 4.79 Å². The van der Waals surface area contributed by atoms with E-state index in [1.807, 2.05) is 11.8 Å². The van der Waals surface area contributed by atoms with Crippen LogP contribution in [0.15, 0.2) is 0 Å². The summed E-state index contributed by atoms with van der Waals surface area (Å²) in [6, 6.07) is 0. The molecule has 0 radical (unpaired) electrons. The van der Waals surface area contributed by atoms with E-state index in [1.165, 1.54) is 31.4 Å². The maximum absolute atomic E-state index is 11.0. The molecule has 1 saturated heterocycles. The summed E-state index contributed by atoms with van der Waals surface area (Å²) in [7, 11) is 0. The van der Waals surface area contributed by atoms with E-state index >= 15 is 0 Å². The Morgan fingerprint density at radius 2 is 2.29 bits per heavy atom. The molecule has 3 heteroatoms. The molecule has 0 N–H and O–H groups in total. The highest BCUT2D eigenvalue weighted by atomic mass is 32.2. The topological polar surface area (TPSA) is 26.3 Å². The Morgan fingerprint density at radius 3 is 3.00 bits per heavy atom. The zero-order valence-corrected chi connectivity index (χ0v) is 9.78. The van der Waals surface area contributed by atoms with Crippen LogP contribution in [0.5, 0.6) is 0 Å². The molecule has 1 aliphatic rings. The Bertz CT molecular complexity index is 171. The van der Waals surface area contributed by atoms with E-state index in [1.54, 1.807) is 0 Å². The van der Waals surface area contributed by atoms with E-state index in [4.69, 9.17) is 4.74 Å². The van der Waals surface area contributed by atoms with E-state index in [-0.39, 0.29) is 5.97 Å². The summed E-state index contributed by atoms with van der Waals surface area (Å²) in [6.45, 7) is 2.86. The van der Waals surface area contributed by atoms with Crippen LogP contribution in [0.1, 0.15) is 45.4 Å². The van der Waals surface area contributed by atoms with Crippen LogP contribution in [0, 0.1) is 0 Å². The number of rotatable bonds is 6. The van der Waals surface area contributed by atoms with Crippen molar-refractivity contribution in [2.45, 2.75) is 50.7 Å². The third-order valence-electron chi connectivity index (χ3n) is 2.45. The summed E-state index contributed by atoms with van der Waals surface area (Å²) in [5, 5.41) is 0.526. The molecule has 0 aromatic heterocycles. The fraction of sp³-hybridized carbons (Fsp3) is 0.909. The molecule has 0 amide bonds. The standard InChI is InChI=1S/C11H20O2S/c1-2-3-4-5-8-14-10-6-7-13-11(12)9-10/h10H,2-9H2,1H3. The normalized spacial score (nSPS) is 22.1. The first-order valence-electron chi connectivity index (χ1n) is 5.60. The second kappa shape index (κ2) is 7.16. The average molecular weight is 216 g/mol. The fourth-order valence-corrected chi connectivity index (χ4v) is 2.79. The molecule has 2 nitrogen and oxygen atoms in total. The Labute approximate surface area is 90.8 Å². The number of ether oxygens (including phenoxy) is 1. The molecule has 14 heavy (non-hydrogen) atoms. The number of thioether (sulfide) groups is 1. The first-order chi connectivity index (χ1) is 6.83. The number of carbonyl (C=O) groups is 1. The summed E-state index contributed by atoms with van der Waals surface area (Å²) in [5.41, 5.74) is 0. The van der Waals surface area contributed by atoms with Gasteiger partial charge in [-0.15, -0.1) is 0 Å². The first kappa shape index (κ1) is 11.9. The Morgan fingerprint density at radius 1 is 1.43 bits per heavy atom. The second-order valence-corrected chi connectivity index (χ2v) is 5.17. The first-order valence-corrected chi connectivity index (χ1v) is 6.65. The number of unbranched alkanes of at least 4 members (excludes halogenated alkanes) is 3. The van der Waals surface area contributed by atoms with Crippen molar-refractivity contribution in [1.82, 2.24) is 0 Å². The van der Waals surface area contributed by atoms with E-state index in [2.05, 4.69) is 6.92 Å². The van der Waals surface area contributed by atoms with Gasteiger partial charge in [0.15, 0.2) is 0 Å². The molecule has 1 heterocycles. The zero-order valence-electron chi connectivity index (χ0n) is 8.96. The highest BCUT2D eigenvalue weighted by Gasteiger charge is 2.20. The molecule has 0 aromatic carbocycles. The minimum absolute atomic E-state index is 0.0118. The summed E-state index contributed by atoms with van der Waals surface area (Å²) in [6.07, 6.45) is 6.93. The lowest BCUT2D eigenvalue weighted by molar-refractivity contribution is -0.146. The van der Waals surface area contributed by atoms with Crippen LogP contribution < -0.4 is 0 Å². The maximum atomic E-state index is 11.0. The van der Waals surface area contributed by atoms with Crippen molar-refractivity contribution in [3.8, 4) is 0 Å². The minimum Gasteiger partial charge on any atom is -0.466 e. The third-order valence-corrected chi connectivity index (χ3v) is 3.85. The van der Waals surface area contributed by atoms with Gasteiger partial charge >= 0.3 is 5.97 Å². The molecule has 1 unspecified atom stereocenters. The van der Waals surface area contributed by atoms with Gasteiger partial charge in [0, 0.05) is 5.25 Å². The summed E-state index contributed by atoms with van der Waals surface area (Å²) in [4.78, 5) is 11.0. The van der Waals surface area contributed by atoms with Gasteiger partial charge in [0.2, 0.25) is 0 Å². The molecule has 0 spiro atoms. The maximum Gasteiger partial charge on any atom is 0.306 e. The van der Waals surface area contributed by atoms with Gasteiger partial charge in [-0.05, 0) is 18.6 Å². The largest absolute Gasteiger partial charge is 0.466 e. The predicted molar refractivity (Wildman–Crippen MR) is 60.6 cm³/mol. The molecular formula is C11H20O2S. The van der Waals surface area contributed by atoms with Gasteiger partial charge in [0.05, 0.1) is 13.0 Å². The molecule has 1 aliphatic heterocycles. The number of carbonyl (C=O) groups excluding carboxylic acids is 1. The minimum atomic E-state index is -0.0118. The molecule has 0 aliphatic carbocycles. The second-order valence-electron chi connectivity index (χ2n) is 3.77. The lowest BCUT2D eigenvalue weighted by Crippen LogP contribution is -2.22. The summed E-state index contributed by atoms with van der Waals surface area (Å²) in [5.74, 6) is 1.19. The smallest absolute Gasteiger partial charge is 0.306 e. The number of cyclic esters (lactones) is 1. The number of esters is 1.